The Bertz CT molecular complexity index is 571. The van der Waals surface area contributed by atoms with Crippen molar-refractivity contribution in [2.24, 2.45) is 5.73 Å². The number of aryl methyl sites for hydroxylation is 1. The number of nitrogens with one attached hydrogen (secondary N) is 1. The van der Waals surface area contributed by atoms with Gasteiger partial charge in [0.1, 0.15) is 11.6 Å². The van der Waals surface area contributed by atoms with Crippen LogP contribution in [0.25, 0.3) is 0 Å². The van der Waals surface area contributed by atoms with Gasteiger partial charge < -0.3 is 10.5 Å². The number of hydrogen-bond acceptors (Lipinski definition) is 4. The maximum absolute atomic E-state index is 9.53. The zero-order valence-electron chi connectivity index (χ0n) is 11.1. The molecule has 1 spiro atoms. The van der Waals surface area contributed by atoms with Gasteiger partial charge in [0.05, 0.1) is 0 Å². The van der Waals surface area contributed by atoms with Crippen molar-refractivity contribution in [2.75, 3.05) is 0 Å². The predicted molar refractivity (Wildman–Crippen MR) is 70.2 cm³/mol. The monoisotopic (exact) mass is 258 g/mol. The molecule has 1 aliphatic heterocycles. The standard InChI is InChI=1S/C14H18N4O/c1-9-11-13(18-17-9)19-12(16)10(8-15)14(11)6-4-2-3-5-7-14/h2-7,16H2,1H3,(H,17,18). The van der Waals surface area contributed by atoms with E-state index in [1.807, 2.05) is 6.92 Å². The van der Waals surface area contributed by atoms with Crippen molar-refractivity contribution in [1.29, 1.82) is 5.26 Å². The van der Waals surface area contributed by atoms with E-state index in [1.165, 1.54) is 12.8 Å². The summed E-state index contributed by atoms with van der Waals surface area (Å²) in [6, 6.07) is 2.29. The van der Waals surface area contributed by atoms with Gasteiger partial charge >= 0.3 is 0 Å². The predicted octanol–water partition coefficient (Wildman–Crippen LogP) is 2.40. The lowest BCUT2D eigenvalue weighted by Crippen LogP contribution is -2.35. The molecular formula is C14H18N4O. The Kier molecular flexibility index (Phi) is 2.74. The van der Waals surface area contributed by atoms with E-state index in [0.29, 0.717) is 11.5 Å². The number of fused-ring (bicyclic) bond motifs is 2. The smallest absolute Gasteiger partial charge is 0.244 e. The molecule has 3 N–H and O–H groups in total. The van der Waals surface area contributed by atoms with Crippen molar-refractivity contribution in [3.05, 3.63) is 22.7 Å². The number of nitrogens with two attached hydrogens (primary N) is 1. The Balaban J connectivity index is 2.22. The Labute approximate surface area is 112 Å². The highest BCUT2D eigenvalue weighted by Gasteiger charge is 2.46. The average Bonchev–Trinajstić information content (AvgIpc) is 2.62. The van der Waals surface area contributed by atoms with Crippen molar-refractivity contribution < 1.29 is 4.74 Å². The number of rotatable bonds is 0. The molecule has 5 heteroatoms. The van der Waals surface area contributed by atoms with Crippen LogP contribution in [0.3, 0.4) is 0 Å². The van der Waals surface area contributed by atoms with Gasteiger partial charge in [0.15, 0.2) is 0 Å². The van der Waals surface area contributed by atoms with Crippen LogP contribution in [0.4, 0.5) is 0 Å². The summed E-state index contributed by atoms with van der Waals surface area (Å²) >= 11 is 0. The zero-order chi connectivity index (χ0) is 13.5. The molecule has 1 saturated carbocycles. The first-order valence-corrected chi connectivity index (χ1v) is 6.82. The molecule has 0 saturated heterocycles. The number of ether oxygens (including phenoxy) is 1. The number of allylic oxidation sites excluding steroid dienone is 1. The van der Waals surface area contributed by atoms with Gasteiger partial charge in [-0.25, -0.2) is 0 Å². The van der Waals surface area contributed by atoms with Crippen LogP contribution in [0.5, 0.6) is 5.88 Å². The minimum Gasteiger partial charge on any atom is -0.420 e. The third-order valence-electron chi connectivity index (χ3n) is 4.39. The van der Waals surface area contributed by atoms with E-state index in [4.69, 9.17) is 10.5 Å². The van der Waals surface area contributed by atoms with Crippen LogP contribution < -0.4 is 10.5 Å². The van der Waals surface area contributed by atoms with Crippen LogP contribution in [0.15, 0.2) is 11.5 Å². The first kappa shape index (κ1) is 12.1. The molecule has 2 heterocycles. The fraction of sp³-hybridized carbons (Fsp3) is 0.571. The Hall–Kier alpha value is -1.96. The first-order valence-electron chi connectivity index (χ1n) is 6.82. The maximum atomic E-state index is 9.53. The summed E-state index contributed by atoms with van der Waals surface area (Å²) in [6.07, 6.45) is 6.56. The Morgan fingerprint density at radius 1 is 1.32 bits per heavy atom. The van der Waals surface area contributed by atoms with Gasteiger partial charge in [0, 0.05) is 16.7 Å². The van der Waals surface area contributed by atoms with Crippen LogP contribution in [0.1, 0.15) is 49.8 Å². The average molecular weight is 258 g/mol. The molecule has 100 valence electrons. The van der Waals surface area contributed by atoms with Gasteiger partial charge in [0.2, 0.25) is 11.8 Å². The number of nitrogens with zero attached hydrogens (tertiary/aromatic N) is 2. The summed E-state index contributed by atoms with van der Waals surface area (Å²) in [6.45, 7) is 1.98. The van der Waals surface area contributed by atoms with Crippen molar-refractivity contribution in [1.82, 2.24) is 10.2 Å². The summed E-state index contributed by atoms with van der Waals surface area (Å²) in [7, 11) is 0. The van der Waals surface area contributed by atoms with Crippen LogP contribution >= 0.6 is 0 Å². The van der Waals surface area contributed by atoms with E-state index < -0.39 is 0 Å². The van der Waals surface area contributed by atoms with E-state index in [0.717, 1.165) is 36.9 Å². The second-order valence-corrected chi connectivity index (χ2v) is 5.48. The van der Waals surface area contributed by atoms with E-state index in [2.05, 4.69) is 16.3 Å². The maximum Gasteiger partial charge on any atom is 0.244 e. The van der Waals surface area contributed by atoms with Gasteiger partial charge in [-0.15, -0.1) is 5.10 Å². The summed E-state index contributed by atoms with van der Waals surface area (Å²) in [5.41, 5.74) is 8.27. The number of H-pyrrole nitrogens is 1. The summed E-state index contributed by atoms with van der Waals surface area (Å²) in [5, 5.41) is 16.7. The minimum absolute atomic E-state index is 0.225. The molecule has 1 aromatic heterocycles. The molecule has 3 rings (SSSR count). The summed E-state index contributed by atoms with van der Waals surface area (Å²) < 4.78 is 5.52. The second kappa shape index (κ2) is 4.30. The van der Waals surface area contributed by atoms with Crippen LogP contribution in [0, 0.1) is 18.3 Å². The minimum atomic E-state index is -0.292. The van der Waals surface area contributed by atoms with E-state index in [9.17, 15) is 5.26 Å². The van der Waals surface area contributed by atoms with E-state index in [1.54, 1.807) is 0 Å². The van der Waals surface area contributed by atoms with Gasteiger partial charge in [0.25, 0.3) is 0 Å². The Morgan fingerprint density at radius 2 is 2.00 bits per heavy atom. The highest BCUT2D eigenvalue weighted by atomic mass is 16.5. The van der Waals surface area contributed by atoms with Crippen LogP contribution in [-0.2, 0) is 5.41 Å². The van der Waals surface area contributed by atoms with Gasteiger partial charge in [-0.05, 0) is 19.8 Å². The third kappa shape index (κ3) is 1.63. The number of aromatic amines is 1. The van der Waals surface area contributed by atoms with Gasteiger partial charge in [-0.2, -0.15) is 5.26 Å². The molecule has 2 aliphatic rings. The van der Waals surface area contributed by atoms with Crippen molar-refractivity contribution in [3.63, 3.8) is 0 Å². The molecule has 19 heavy (non-hydrogen) atoms. The molecule has 0 aromatic carbocycles. The van der Waals surface area contributed by atoms with Gasteiger partial charge in [-0.1, -0.05) is 25.7 Å². The lowest BCUT2D eigenvalue weighted by molar-refractivity contribution is 0.322. The molecule has 0 bridgehead atoms. The molecule has 1 aliphatic carbocycles. The molecule has 0 atom stereocenters. The topological polar surface area (TPSA) is 87.7 Å². The number of hydrogen-bond donors (Lipinski definition) is 2. The molecular weight excluding hydrogens is 240 g/mol. The lowest BCUT2D eigenvalue weighted by atomic mass is 9.68. The van der Waals surface area contributed by atoms with Crippen LogP contribution in [-0.4, -0.2) is 10.2 Å². The molecule has 1 aromatic rings. The van der Waals surface area contributed by atoms with E-state index in [-0.39, 0.29) is 11.3 Å². The molecule has 5 nitrogen and oxygen atoms in total. The molecule has 1 fully saturated rings. The van der Waals surface area contributed by atoms with E-state index >= 15 is 0 Å². The SMILES string of the molecule is Cc1[nH]nc2c1C1(CCCCCC1)C(C#N)=C(N)O2. The molecule has 0 unspecified atom stereocenters. The van der Waals surface area contributed by atoms with Gasteiger partial charge in [-0.3, -0.25) is 5.10 Å². The highest BCUT2D eigenvalue weighted by molar-refractivity contribution is 5.53. The fourth-order valence-corrected chi connectivity index (χ4v) is 3.55. The summed E-state index contributed by atoms with van der Waals surface area (Å²) in [5.74, 6) is 0.777. The van der Waals surface area contributed by atoms with Crippen LogP contribution in [0.2, 0.25) is 0 Å². The first-order chi connectivity index (χ1) is 9.19. The van der Waals surface area contributed by atoms with Crippen molar-refractivity contribution >= 4 is 0 Å². The highest BCUT2D eigenvalue weighted by Crippen LogP contribution is 2.50. The normalized spacial score (nSPS) is 21.5. The fourth-order valence-electron chi connectivity index (χ4n) is 3.55. The Morgan fingerprint density at radius 3 is 2.63 bits per heavy atom. The third-order valence-corrected chi connectivity index (χ3v) is 4.39. The van der Waals surface area contributed by atoms with Crippen molar-refractivity contribution in [2.45, 2.75) is 50.9 Å². The van der Waals surface area contributed by atoms with Crippen molar-refractivity contribution in [3.8, 4) is 11.9 Å². The second-order valence-electron chi connectivity index (χ2n) is 5.48. The summed E-state index contributed by atoms with van der Waals surface area (Å²) in [4.78, 5) is 0. The quantitative estimate of drug-likeness (QED) is 0.748. The molecule has 0 amide bonds. The number of aromatic nitrogens is 2. The largest absolute Gasteiger partial charge is 0.420 e. The zero-order valence-corrected chi connectivity index (χ0v) is 11.1. The number of nitriles is 1. The molecule has 0 radical (unpaired) electrons. The lowest BCUT2D eigenvalue weighted by Gasteiger charge is -2.36.